The molecule has 23 heteroatoms. The Hall–Kier alpha value is -2.53. The summed E-state index contributed by atoms with van der Waals surface area (Å²) in [4.78, 5) is 38.5. The van der Waals surface area contributed by atoms with Crippen molar-refractivity contribution in [3.8, 4) is 0 Å². The summed E-state index contributed by atoms with van der Waals surface area (Å²) in [6, 6.07) is -2.61. The zero-order valence-electron chi connectivity index (χ0n) is 56.4. The van der Waals surface area contributed by atoms with Gasteiger partial charge in [-0.3, -0.25) is 9.59 Å². The number of aliphatic carboxylic acids is 1. The number of hydrogen-bond donors (Lipinski definition) is 14. The molecular weight excluding hydrogens is 1190 g/mol. The van der Waals surface area contributed by atoms with Crippen molar-refractivity contribution in [1.29, 1.82) is 0 Å². The maximum atomic E-state index is 13.5. The second-order valence-corrected chi connectivity index (χ2v) is 26.5. The van der Waals surface area contributed by atoms with Crippen molar-refractivity contribution < 1.29 is 104 Å². The Morgan fingerprint density at radius 3 is 1.45 bits per heavy atom. The van der Waals surface area contributed by atoms with Crippen LogP contribution in [0.2, 0.25) is 0 Å². The predicted octanol–water partition coefficient (Wildman–Crippen LogP) is 7.07. The van der Waals surface area contributed by atoms with Crippen LogP contribution in [0.25, 0.3) is 0 Å². The molecule has 3 aliphatic rings. The summed E-state index contributed by atoms with van der Waals surface area (Å²) >= 11 is 0. The number of carbonyl (C=O) groups excluding carboxylic acids is 2. The van der Waals surface area contributed by atoms with E-state index in [1.165, 1.54) is 180 Å². The highest BCUT2D eigenvalue weighted by molar-refractivity contribution is 5.77. The van der Waals surface area contributed by atoms with Gasteiger partial charge in [-0.1, -0.05) is 244 Å². The van der Waals surface area contributed by atoms with Gasteiger partial charge in [0.25, 0.3) is 5.79 Å². The molecule has 0 aromatic carbocycles. The summed E-state index contributed by atoms with van der Waals surface area (Å²) in [5, 5.41) is 136. The summed E-state index contributed by atoms with van der Waals surface area (Å²) in [6.07, 6.45) is 19.8. The number of amides is 2. The van der Waals surface area contributed by atoms with Crippen molar-refractivity contribution in [1.82, 2.24) is 10.6 Å². The molecule has 3 aliphatic heterocycles. The molecule has 18 unspecified atom stereocenters. The smallest absolute Gasteiger partial charge is 0.364 e. The molecule has 92 heavy (non-hydrogen) atoms. The van der Waals surface area contributed by atoms with Crippen molar-refractivity contribution in [2.24, 2.45) is 0 Å². The summed E-state index contributed by atoms with van der Waals surface area (Å²) in [7, 11) is 0. The molecular formula is C69H128N2O21. The Morgan fingerprint density at radius 1 is 0.565 bits per heavy atom. The normalized spacial score (nSPS) is 28.3. The first kappa shape index (κ1) is 83.7. The van der Waals surface area contributed by atoms with E-state index in [0.29, 0.717) is 12.8 Å². The molecule has 3 rings (SSSR count). The second-order valence-electron chi connectivity index (χ2n) is 26.5. The Bertz CT molecular complexity index is 1910. The molecule has 540 valence electrons. The van der Waals surface area contributed by atoms with Gasteiger partial charge in [0, 0.05) is 19.8 Å². The number of carboxylic acid groups (broad SMARTS) is 1. The summed E-state index contributed by atoms with van der Waals surface area (Å²) in [6.45, 7) is 2.15. The van der Waals surface area contributed by atoms with Crippen molar-refractivity contribution in [3.05, 3.63) is 12.2 Å². The summed E-state index contributed by atoms with van der Waals surface area (Å²) in [5.41, 5.74) is 0. The van der Waals surface area contributed by atoms with Crippen molar-refractivity contribution in [2.45, 2.75) is 381 Å². The van der Waals surface area contributed by atoms with Crippen LogP contribution in [-0.4, -0.2) is 215 Å². The zero-order valence-corrected chi connectivity index (χ0v) is 56.4. The van der Waals surface area contributed by atoms with E-state index in [1.807, 2.05) is 6.08 Å². The Kier molecular flexibility index (Phi) is 45.4. The van der Waals surface area contributed by atoms with Gasteiger partial charge in [-0.25, -0.2) is 4.79 Å². The number of nitrogens with one attached hydrogen (secondary N) is 2. The molecule has 23 nitrogen and oxygen atoms in total. The van der Waals surface area contributed by atoms with Gasteiger partial charge in [0.05, 0.1) is 50.7 Å². The van der Waals surface area contributed by atoms with Crippen LogP contribution in [0, 0.1) is 0 Å². The third kappa shape index (κ3) is 31.8. The highest BCUT2D eigenvalue weighted by Crippen LogP contribution is 2.39. The Labute approximate surface area is 550 Å². The van der Waals surface area contributed by atoms with Crippen molar-refractivity contribution >= 4 is 17.8 Å². The fourth-order valence-corrected chi connectivity index (χ4v) is 12.7. The summed E-state index contributed by atoms with van der Waals surface area (Å²) in [5.74, 6) is -6.13. The Balaban J connectivity index is 1.54. The quantitative estimate of drug-likeness (QED) is 0.0214. The number of carbonyl (C=O) groups is 3. The van der Waals surface area contributed by atoms with Gasteiger partial charge in [0.2, 0.25) is 11.8 Å². The molecule has 3 fully saturated rings. The van der Waals surface area contributed by atoms with E-state index in [-0.39, 0.29) is 12.3 Å². The molecule has 0 bridgehead atoms. The SMILES string of the molecule is CCCCCCCCCCCCC/C=C/C(O)C(COC1OC(CO)C(OC2OC(CO)C(O)C(OC3(C(=O)O)CC(O)C(NC(C)=O)C(C(O)C(O)CO)O3)C2O)C(O)C1O)NC(=O)CCCCCCCCCCCCCCCCCCCCCCCCCCC. The topological polar surface area (TPSA) is 373 Å². The number of unbranched alkanes of at least 4 members (excludes halogenated alkanes) is 35. The monoisotopic (exact) mass is 1320 g/mol. The van der Waals surface area contributed by atoms with Gasteiger partial charge >= 0.3 is 5.97 Å². The van der Waals surface area contributed by atoms with Crippen LogP contribution in [0.3, 0.4) is 0 Å². The van der Waals surface area contributed by atoms with E-state index in [2.05, 4.69) is 24.5 Å². The molecule has 0 aliphatic carbocycles. The lowest BCUT2D eigenvalue weighted by atomic mass is 9.88. The minimum atomic E-state index is -3.08. The third-order valence-electron chi connectivity index (χ3n) is 18.5. The number of ether oxygens (including phenoxy) is 6. The van der Waals surface area contributed by atoms with Crippen molar-refractivity contribution in [2.75, 3.05) is 26.4 Å². The molecule has 0 aromatic heterocycles. The molecule has 2 amide bonds. The number of aliphatic hydroxyl groups excluding tert-OH is 11. The second kappa shape index (κ2) is 49.9. The molecule has 0 radical (unpaired) electrons. The van der Waals surface area contributed by atoms with Gasteiger partial charge in [0.15, 0.2) is 12.6 Å². The Morgan fingerprint density at radius 2 is 1.01 bits per heavy atom. The van der Waals surface area contributed by atoms with Crippen LogP contribution in [0.15, 0.2) is 12.2 Å². The highest BCUT2D eigenvalue weighted by atomic mass is 16.8. The van der Waals surface area contributed by atoms with Crippen LogP contribution < -0.4 is 10.6 Å². The molecule has 14 N–H and O–H groups in total. The number of rotatable bonds is 55. The van der Waals surface area contributed by atoms with Crippen molar-refractivity contribution in [3.63, 3.8) is 0 Å². The molecule has 0 spiro atoms. The molecule has 3 saturated heterocycles. The first-order chi connectivity index (χ1) is 44.4. The van der Waals surface area contributed by atoms with Crippen LogP contribution in [-0.2, 0) is 42.8 Å². The fourth-order valence-electron chi connectivity index (χ4n) is 12.7. The highest BCUT2D eigenvalue weighted by Gasteiger charge is 2.60. The number of carboxylic acids is 1. The van der Waals surface area contributed by atoms with E-state index in [1.54, 1.807) is 6.08 Å². The standard InChI is InChI=1S/C69H128N2O21/c1-4-6-8-10-12-14-16-18-19-20-21-22-23-24-25-26-27-28-29-31-33-35-37-39-41-43-56(79)71-50(51(76)42-40-38-36-34-32-30-17-15-13-11-9-7-5-2)48-87-66-61(83)60(82)63(55(47-74)89-66)90-67-62(84)65(59(81)54(46-73)88-67)92-69(68(85)86)44-52(77)57(70-49(3)75)64(91-69)58(80)53(78)45-72/h40,42,50-55,57-67,72-74,76-78,80-84H,4-39,41,43-48H2,1-3H3,(H,70,75)(H,71,79)(H,85,86)/b42-40+. The van der Waals surface area contributed by atoms with Gasteiger partial charge in [-0.2, -0.15) is 0 Å². The van der Waals surface area contributed by atoms with Gasteiger partial charge < -0.3 is 100 Å². The number of allylic oxidation sites excluding steroid dienone is 1. The minimum absolute atomic E-state index is 0.205. The molecule has 0 saturated carbocycles. The average Bonchev–Trinajstić information content (AvgIpc) is 0.767. The average molecular weight is 1320 g/mol. The van der Waals surface area contributed by atoms with Crippen LogP contribution in [0.5, 0.6) is 0 Å². The maximum Gasteiger partial charge on any atom is 0.364 e. The first-order valence-electron chi connectivity index (χ1n) is 36.1. The zero-order chi connectivity index (χ0) is 67.5. The van der Waals surface area contributed by atoms with Crippen LogP contribution in [0.1, 0.15) is 271 Å². The largest absolute Gasteiger partial charge is 0.477 e. The summed E-state index contributed by atoms with van der Waals surface area (Å²) < 4.78 is 34.8. The minimum Gasteiger partial charge on any atom is -0.477 e. The third-order valence-corrected chi connectivity index (χ3v) is 18.5. The lowest BCUT2D eigenvalue weighted by molar-refractivity contribution is -0.386. The van der Waals surface area contributed by atoms with Crippen LogP contribution in [0.4, 0.5) is 0 Å². The molecule has 18 atom stereocenters. The first-order valence-corrected chi connectivity index (χ1v) is 36.1. The number of hydrogen-bond acceptors (Lipinski definition) is 20. The fraction of sp³-hybridized carbons (Fsp3) is 0.928. The van der Waals surface area contributed by atoms with Gasteiger partial charge in [0.1, 0.15) is 67.1 Å². The van der Waals surface area contributed by atoms with Gasteiger partial charge in [-0.05, 0) is 19.3 Å². The molecule has 3 heterocycles. The lowest BCUT2D eigenvalue weighted by Gasteiger charge is -2.50. The van der Waals surface area contributed by atoms with E-state index in [0.717, 1.165) is 51.9 Å². The van der Waals surface area contributed by atoms with E-state index >= 15 is 0 Å². The number of aliphatic hydroxyl groups is 11. The lowest BCUT2D eigenvalue weighted by Crippen LogP contribution is -2.70. The van der Waals surface area contributed by atoms with Gasteiger partial charge in [-0.15, -0.1) is 0 Å². The maximum absolute atomic E-state index is 13.5. The molecule has 0 aromatic rings. The van der Waals surface area contributed by atoms with E-state index in [4.69, 9.17) is 28.4 Å². The van der Waals surface area contributed by atoms with Crippen LogP contribution >= 0.6 is 0 Å². The van der Waals surface area contributed by atoms with E-state index in [9.17, 15) is 75.7 Å². The predicted molar refractivity (Wildman–Crippen MR) is 348 cm³/mol. The van der Waals surface area contributed by atoms with E-state index < -0.39 is 155 Å².